The van der Waals surface area contributed by atoms with Gasteiger partial charge in [-0.05, 0) is 29.8 Å². The number of nitrogens with zero attached hydrogens (tertiary/aromatic N) is 5. The third-order valence-corrected chi connectivity index (χ3v) is 5.70. The van der Waals surface area contributed by atoms with Gasteiger partial charge in [-0.1, -0.05) is 18.2 Å². The number of benzene rings is 1. The predicted molar refractivity (Wildman–Crippen MR) is 124 cm³/mol. The van der Waals surface area contributed by atoms with Gasteiger partial charge in [0.1, 0.15) is 11.6 Å². The van der Waals surface area contributed by atoms with Gasteiger partial charge in [-0.15, -0.1) is 10.2 Å². The van der Waals surface area contributed by atoms with Crippen molar-refractivity contribution in [2.45, 2.75) is 12.5 Å². The normalized spacial score (nSPS) is 16.1. The van der Waals surface area contributed by atoms with Gasteiger partial charge in [-0.2, -0.15) is 0 Å². The predicted octanol–water partition coefficient (Wildman–Crippen LogP) is 1.52. The van der Waals surface area contributed by atoms with Gasteiger partial charge < -0.3 is 20.1 Å². The van der Waals surface area contributed by atoms with Gasteiger partial charge in [0.2, 0.25) is 0 Å². The van der Waals surface area contributed by atoms with E-state index in [-0.39, 0.29) is 6.04 Å². The largest absolute Gasteiger partial charge is 0.497 e. The number of aromatic nitrogens is 3. The molecule has 1 aromatic carbocycles. The lowest BCUT2D eigenvalue weighted by Crippen LogP contribution is -2.46. The Balaban J connectivity index is 1.35. The number of guanidine groups is 1. The highest BCUT2D eigenvalue weighted by molar-refractivity contribution is 5.79. The number of aliphatic imine (C=N–C) groups is 1. The van der Waals surface area contributed by atoms with Crippen molar-refractivity contribution in [1.29, 1.82) is 0 Å². The molecule has 1 aliphatic rings. The van der Waals surface area contributed by atoms with Crippen LogP contribution in [0.15, 0.2) is 53.7 Å². The van der Waals surface area contributed by atoms with Crippen molar-refractivity contribution in [2.75, 3.05) is 53.6 Å². The maximum Gasteiger partial charge on any atom is 0.191 e. The molecule has 9 heteroatoms. The molecule has 1 aliphatic heterocycles. The molecule has 3 heterocycles. The van der Waals surface area contributed by atoms with Crippen LogP contribution in [0.25, 0.3) is 5.65 Å². The van der Waals surface area contributed by atoms with Gasteiger partial charge in [0.15, 0.2) is 11.6 Å². The van der Waals surface area contributed by atoms with Crippen molar-refractivity contribution in [3.63, 3.8) is 0 Å². The van der Waals surface area contributed by atoms with Crippen LogP contribution in [0, 0.1) is 0 Å². The molecule has 1 fully saturated rings. The number of fused-ring (bicyclic) bond motifs is 1. The highest BCUT2D eigenvalue weighted by Gasteiger charge is 2.23. The summed E-state index contributed by atoms with van der Waals surface area (Å²) in [6.45, 7) is 4.77. The molecule has 32 heavy (non-hydrogen) atoms. The number of hydrogen-bond donors (Lipinski definition) is 2. The molecule has 9 nitrogen and oxygen atoms in total. The first-order valence-electron chi connectivity index (χ1n) is 11.0. The SMILES string of the molecule is CN=C(NCCc1nnc2ccccn12)NCC(c1ccc(OC)cc1)N1CCOCC1. The van der Waals surface area contributed by atoms with Crippen LogP contribution >= 0.6 is 0 Å². The molecule has 0 aliphatic carbocycles. The minimum atomic E-state index is 0.212. The molecule has 4 rings (SSSR count). The molecule has 2 N–H and O–H groups in total. The molecule has 0 amide bonds. The van der Waals surface area contributed by atoms with E-state index in [0.717, 1.165) is 62.4 Å². The second-order valence-electron chi connectivity index (χ2n) is 7.61. The van der Waals surface area contributed by atoms with E-state index in [9.17, 15) is 0 Å². The first kappa shape index (κ1) is 22.0. The molecule has 3 aromatic rings. The topological polar surface area (TPSA) is 88.3 Å². The van der Waals surface area contributed by atoms with Gasteiger partial charge in [0, 0.05) is 45.8 Å². The van der Waals surface area contributed by atoms with E-state index < -0.39 is 0 Å². The van der Waals surface area contributed by atoms with E-state index in [2.05, 4.69) is 42.9 Å². The summed E-state index contributed by atoms with van der Waals surface area (Å²) in [5.41, 5.74) is 2.10. The molecule has 1 saturated heterocycles. The summed E-state index contributed by atoms with van der Waals surface area (Å²) in [4.78, 5) is 6.85. The monoisotopic (exact) mass is 437 g/mol. The molecule has 0 spiro atoms. The summed E-state index contributed by atoms with van der Waals surface area (Å²) in [5.74, 6) is 2.56. The standard InChI is InChI=1S/C23H31N7O2/c1-24-23(25-11-10-22-28-27-21-5-3-4-12-30(21)22)26-17-20(29-13-15-32-16-14-29)18-6-8-19(31-2)9-7-18/h3-9,12,20H,10-11,13-17H2,1-2H3,(H2,24,25,26). The molecule has 0 saturated carbocycles. The van der Waals surface area contributed by atoms with Crippen LogP contribution in [0.3, 0.4) is 0 Å². The fourth-order valence-corrected chi connectivity index (χ4v) is 3.94. The zero-order valence-electron chi connectivity index (χ0n) is 18.7. The Labute approximate surface area is 188 Å². The van der Waals surface area contributed by atoms with Gasteiger partial charge in [0.25, 0.3) is 0 Å². The number of ether oxygens (including phenoxy) is 2. The highest BCUT2D eigenvalue weighted by atomic mass is 16.5. The summed E-state index contributed by atoms with van der Waals surface area (Å²) >= 11 is 0. The lowest BCUT2D eigenvalue weighted by Gasteiger charge is -2.35. The van der Waals surface area contributed by atoms with E-state index >= 15 is 0 Å². The number of morpholine rings is 1. The van der Waals surface area contributed by atoms with Gasteiger partial charge >= 0.3 is 0 Å². The first-order valence-corrected chi connectivity index (χ1v) is 11.0. The number of nitrogens with one attached hydrogen (secondary N) is 2. The smallest absolute Gasteiger partial charge is 0.191 e. The molecular formula is C23H31N7O2. The van der Waals surface area contributed by atoms with Crippen molar-refractivity contribution in [1.82, 2.24) is 30.1 Å². The molecule has 2 aromatic heterocycles. The van der Waals surface area contributed by atoms with Crippen LogP contribution in [0.5, 0.6) is 5.75 Å². The minimum absolute atomic E-state index is 0.212. The first-order chi connectivity index (χ1) is 15.8. The molecule has 0 radical (unpaired) electrons. The number of pyridine rings is 1. The third kappa shape index (κ3) is 5.35. The Morgan fingerprint density at radius 2 is 1.94 bits per heavy atom. The second-order valence-corrected chi connectivity index (χ2v) is 7.61. The fraction of sp³-hybridized carbons (Fsp3) is 0.435. The minimum Gasteiger partial charge on any atom is -0.497 e. The molecule has 0 bridgehead atoms. The average molecular weight is 438 g/mol. The summed E-state index contributed by atoms with van der Waals surface area (Å²) in [6, 6.07) is 14.4. The molecule has 1 atom stereocenters. The van der Waals surface area contributed by atoms with Crippen LogP contribution < -0.4 is 15.4 Å². The van der Waals surface area contributed by atoms with Gasteiger partial charge in [-0.3, -0.25) is 14.3 Å². The van der Waals surface area contributed by atoms with Crippen molar-refractivity contribution < 1.29 is 9.47 Å². The number of rotatable bonds is 8. The van der Waals surface area contributed by atoms with E-state index in [4.69, 9.17) is 9.47 Å². The molecular weight excluding hydrogens is 406 g/mol. The second kappa shape index (κ2) is 10.9. The lowest BCUT2D eigenvalue weighted by molar-refractivity contribution is 0.0170. The Kier molecular flexibility index (Phi) is 7.52. The quantitative estimate of drug-likeness (QED) is 0.408. The van der Waals surface area contributed by atoms with Gasteiger partial charge in [0.05, 0.1) is 26.4 Å². The molecule has 1 unspecified atom stereocenters. The Hall–Kier alpha value is -3.17. The maximum atomic E-state index is 5.56. The van der Waals surface area contributed by atoms with Crippen LogP contribution in [0.2, 0.25) is 0 Å². The Morgan fingerprint density at radius 3 is 2.69 bits per heavy atom. The zero-order chi connectivity index (χ0) is 22.2. The van der Waals surface area contributed by atoms with Crippen LogP contribution in [-0.2, 0) is 11.2 Å². The van der Waals surface area contributed by atoms with Crippen LogP contribution in [0.4, 0.5) is 0 Å². The van der Waals surface area contributed by atoms with Crippen molar-refractivity contribution in [3.8, 4) is 5.75 Å². The highest BCUT2D eigenvalue weighted by Crippen LogP contribution is 2.23. The summed E-state index contributed by atoms with van der Waals surface area (Å²) in [7, 11) is 3.48. The number of methoxy groups -OCH3 is 1. The van der Waals surface area contributed by atoms with E-state index in [1.165, 1.54) is 5.56 Å². The van der Waals surface area contributed by atoms with Crippen molar-refractivity contribution in [3.05, 3.63) is 60.0 Å². The fourth-order valence-electron chi connectivity index (χ4n) is 3.94. The van der Waals surface area contributed by atoms with E-state index in [0.29, 0.717) is 6.54 Å². The Bertz CT molecular complexity index is 1010. The zero-order valence-corrected chi connectivity index (χ0v) is 18.7. The summed E-state index contributed by atoms with van der Waals surface area (Å²) in [5, 5.41) is 15.4. The Morgan fingerprint density at radius 1 is 1.12 bits per heavy atom. The van der Waals surface area contributed by atoms with E-state index in [1.807, 2.05) is 40.9 Å². The van der Waals surface area contributed by atoms with E-state index in [1.54, 1.807) is 14.2 Å². The average Bonchev–Trinajstić information content (AvgIpc) is 3.27. The number of hydrogen-bond acceptors (Lipinski definition) is 6. The van der Waals surface area contributed by atoms with Crippen molar-refractivity contribution in [2.24, 2.45) is 4.99 Å². The van der Waals surface area contributed by atoms with Crippen LogP contribution in [0.1, 0.15) is 17.4 Å². The van der Waals surface area contributed by atoms with Gasteiger partial charge in [-0.25, -0.2) is 0 Å². The lowest BCUT2D eigenvalue weighted by atomic mass is 10.0. The summed E-state index contributed by atoms with van der Waals surface area (Å²) in [6.07, 6.45) is 2.73. The van der Waals surface area contributed by atoms with Crippen LogP contribution in [-0.4, -0.2) is 79.0 Å². The summed E-state index contributed by atoms with van der Waals surface area (Å²) < 4.78 is 12.9. The molecule has 170 valence electrons. The third-order valence-electron chi connectivity index (χ3n) is 5.70. The maximum absolute atomic E-state index is 5.56. The van der Waals surface area contributed by atoms with Crippen molar-refractivity contribution >= 4 is 11.6 Å².